The van der Waals surface area contributed by atoms with Crippen LogP contribution in [0.15, 0.2) is 66.8 Å². The second-order valence-corrected chi connectivity index (χ2v) is 8.33. The van der Waals surface area contributed by atoms with E-state index in [2.05, 4.69) is 10.1 Å². The minimum Gasteiger partial charge on any atom is -0.489 e. The smallest absolute Gasteiger partial charge is 0.329 e. The quantitative estimate of drug-likeness (QED) is 0.460. The van der Waals surface area contributed by atoms with Crippen LogP contribution < -0.4 is 10.1 Å². The fourth-order valence-corrected chi connectivity index (χ4v) is 4.08. The van der Waals surface area contributed by atoms with Crippen molar-refractivity contribution in [2.75, 3.05) is 12.9 Å². The molecule has 0 bridgehead atoms. The van der Waals surface area contributed by atoms with E-state index in [1.54, 1.807) is 0 Å². The molecule has 0 aliphatic heterocycles. The van der Waals surface area contributed by atoms with Crippen LogP contribution in [0.2, 0.25) is 0 Å². The maximum Gasteiger partial charge on any atom is 0.329 e. The van der Waals surface area contributed by atoms with Gasteiger partial charge in [0.15, 0.2) is 0 Å². The molecule has 8 heteroatoms. The molecule has 5 nitrogen and oxygen atoms in total. The van der Waals surface area contributed by atoms with Crippen LogP contribution >= 0.6 is 11.8 Å². The maximum atomic E-state index is 12.9. The minimum atomic E-state index is -1.78. The Kier molecular flexibility index (Phi) is 10.7. The van der Waals surface area contributed by atoms with Crippen molar-refractivity contribution in [3.8, 4) is 5.75 Å². The van der Waals surface area contributed by atoms with Gasteiger partial charge in [0.25, 0.3) is 6.08 Å². The van der Waals surface area contributed by atoms with E-state index in [1.807, 2.05) is 54.6 Å². The number of benzene rings is 2. The Morgan fingerprint density at radius 2 is 1.75 bits per heavy atom. The third kappa shape index (κ3) is 9.51. The molecule has 172 valence electrons. The molecule has 2 rings (SSSR count). The average molecular weight is 464 g/mol. The van der Waals surface area contributed by atoms with Crippen molar-refractivity contribution < 1.29 is 27.8 Å². The van der Waals surface area contributed by atoms with E-state index < -0.39 is 23.3 Å². The normalized spacial score (nSPS) is 12.4. The van der Waals surface area contributed by atoms with Gasteiger partial charge in [0.1, 0.15) is 18.4 Å². The molecule has 0 saturated heterocycles. The fraction of sp³-hybridized carbons (Fsp3) is 0.333. The number of amides is 1. The van der Waals surface area contributed by atoms with E-state index in [1.165, 1.54) is 25.8 Å². The summed E-state index contributed by atoms with van der Waals surface area (Å²) in [4.78, 5) is 23.1. The Morgan fingerprint density at radius 3 is 2.34 bits per heavy atom. The lowest BCUT2D eigenvalue weighted by atomic mass is 10.1. The molecule has 0 unspecified atom stereocenters. The molecule has 0 radical (unpaired) electrons. The lowest BCUT2D eigenvalue weighted by Crippen LogP contribution is -2.42. The second-order valence-electron chi connectivity index (χ2n) is 7.06. The molecule has 0 aliphatic carbocycles. The Morgan fingerprint density at radius 1 is 1.06 bits per heavy atom. The SMILES string of the molecule is COC(=O)[C@H](CS[C@@H](C=C(F)F)CCc1ccc(OCc2ccccc2)cc1)NC(C)=O. The van der Waals surface area contributed by atoms with Crippen molar-refractivity contribution in [1.29, 1.82) is 0 Å². The van der Waals surface area contributed by atoms with Crippen LogP contribution in [-0.4, -0.2) is 36.0 Å². The third-order valence-electron chi connectivity index (χ3n) is 4.54. The van der Waals surface area contributed by atoms with Gasteiger partial charge in [-0.25, -0.2) is 4.79 Å². The highest BCUT2D eigenvalue weighted by Crippen LogP contribution is 2.23. The van der Waals surface area contributed by atoms with E-state index in [4.69, 9.17) is 4.74 Å². The Hall–Kier alpha value is -2.87. The summed E-state index contributed by atoms with van der Waals surface area (Å²) in [6.45, 7) is 1.75. The molecule has 2 atom stereocenters. The molecule has 0 aliphatic rings. The van der Waals surface area contributed by atoms with E-state index in [-0.39, 0.29) is 11.7 Å². The number of hydrogen-bond donors (Lipinski definition) is 1. The number of nitrogens with one attached hydrogen (secondary N) is 1. The molecular formula is C24H27F2NO4S. The maximum absolute atomic E-state index is 12.9. The van der Waals surface area contributed by atoms with Crippen LogP contribution in [0.5, 0.6) is 5.75 Å². The molecule has 32 heavy (non-hydrogen) atoms. The number of thioether (sulfide) groups is 1. The number of ether oxygens (including phenoxy) is 2. The predicted octanol–water partition coefficient (Wildman–Crippen LogP) is 4.76. The lowest BCUT2D eigenvalue weighted by Gasteiger charge is -2.18. The van der Waals surface area contributed by atoms with E-state index in [9.17, 15) is 18.4 Å². The number of esters is 1. The zero-order valence-electron chi connectivity index (χ0n) is 18.1. The standard InChI is InChI=1S/C24H27F2NO4S/c1-17(28)27-22(24(29)30-2)16-32-21(14-23(25)26)13-10-18-8-11-20(12-9-18)31-15-19-6-4-3-5-7-19/h3-9,11-12,14,21-22H,10,13,15-16H2,1-2H3,(H,27,28)/t21-,22+/m1/s1. The zero-order valence-corrected chi connectivity index (χ0v) is 18.9. The number of carbonyl (C=O) groups excluding carboxylic acids is 2. The van der Waals surface area contributed by atoms with Crippen molar-refractivity contribution in [3.05, 3.63) is 77.9 Å². The van der Waals surface area contributed by atoms with E-state index in [0.29, 0.717) is 19.4 Å². The van der Waals surface area contributed by atoms with E-state index >= 15 is 0 Å². The Balaban J connectivity index is 1.89. The molecule has 0 fully saturated rings. The van der Waals surface area contributed by atoms with Gasteiger partial charge >= 0.3 is 5.97 Å². The van der Waals surface area contributed by atoms with Crippen molar-refractivity contribution >= 4 is 23.6 Å². The van der Waals surface area contributed by atoms with Crippen LogP contribution in [0.4, 0.5) is 8.78 Å². The first-order chi connectivity index (χ1) is 15.4. The highest BCUT2D eigenvalue weighted by Gasteiger charge is 2.22. The molecule has 0 heterocycles. The first-order valence-corrected chi connectivity index (χ1v) is 11.2. The van der Waals surface area contributed by atoms with Crippen molar-refractivity contribution in [2.45, 2.75) is 37.7 Å². The summed E-state index contributed by atoms with van der Waals surface area (Å²) in [5, 5.41) is 1.97. The van der Waals surface area contributed by atoms with Crippen molar-refractivity contribution in [3.63, 3.8) is 0 Å². The average Bonchev–Trinajstić information content (AvgIpc) is 2.78. The second kappa shape index (κ2) is 13.5. The van der Waals surface area contributed by atoms with Gasteiger partial charge < -0.3 is 14.8 Å². The fourth-order valence-electron chi connectivity index (χ4n) is 2.93. The Bertz CT molecular complexity index is 887. The number of carbonyl (C=O) groups is 2. The largest absolute Gasteiger partial charge is 0.489 e. The molecule has 2 aromatic rings. The van der Waals surface area contributed by atoms with Crippen molar-refractivity contribution in [2.24, 2.45) is 0 Å². The monoisotopic (exact) mass is 463 g/mol. The van der Waals surface area contributed by atoms with Gasteiger partial charge in [0.2, 0.25) is 5.91 Å². The lowest BCUT2D eigenvalue weighted by molar-refractivity contribution is -0.144. The Labute approximate surface area is 191 Å². The number of aryl methyl sites for hydroxylation is 1. The number of methoxy groups -OCH3 is 1. The van der Waals surface area contributed by atoms with Gasteiger partial charge in [0.05, 0.1) is 7.11 Å². The first-order valence-electron chi connectivity index (χ1n) is 10.1. The van der Waals surface area contributed by atoms with Crippen LogP contribution in [-0.2, 0) is 27.4 Å². The predicted molar refractivity (Wildman–Crippen MR) is 122 cm³/mol. The van der Waals surface area contributed by atoms with Gasteiger partial charge in [-0.1, -0.05) is 42.5 Å². The molecular weight excluding hydrogens is 436 g/mol. The summed E-state index contributed by atoms with van der Waals surface area (Å²) < 4.78 is 36.3. The van der Waals surface area contributed by atoms with Gasteiger partial charge in [-0.2, -0.15) is 20.5 Å². The zero-order chi connectivity index (χ0) is 23.3. The van der Waals surface area contributed by atoms with Gasteiger partial charge in [-0.3, -0.25) is 4.79 Å². The third-order valence-corrected chi connectivity index (χ3v) is 5.87. The molecule has 0 saturated carbocycles. The summed E-state index contributed by atoms with van der Waals surface area (Å²) in [6.07, 6.45) is 0.120. The molecule has 0 spiro atoms. The number of rotatable bonds is 12. The molecule has 1 amide bonds. The summed E-state index contributed by atoms with van der Waals surface area (Å²) >= 11 is 1.18. The van der Waals surface area contributed by atoms with Crippen LogP contribution in [0, 0.1) is 0 Å². The van der Waals surface area contributed by atoms with Crippen LogP contribution in [0.3, 0.4) is 0 Å². The highest BCUT2D eigenvalue weighted by molar-refractivity contribution is 8.00. The van der Waals surface area contributed by atoms with Crippen molar-refractivity contribution in [1.82, 2.24) is 5.32 Å². The van der Waals surface area contributed by atoms with Crippen LogP contribution in [0.1, 0.15) is 24.5 Å². The number of hydrogen-bond acceptors (Lipinski definition) is 5. The molecule has 2 aromatic carbocycles. The summed E-state index contributed by atoms with van der Waals surface area (Å²) in [5.74, 6) is -0.136. The number of halogens is 2. The van der Waals surface area contributed by atoms with E-state index in [0.717, 1.165) is 23.0 Å². The van der Waals surface area contributed by atoms with Gasteiger partial charge in [-0.05, 0) is 42.2 Å². The minimum absolute atomic E-state index is 0.132. The van der Waals surface area contributed by atoms with Gasteiger partial charge in [0, 0.05) is 17.9 Å². The van der Waals surface area contributed by atoms with Gasteiger partial charge in [-0.15, -0.1) is 0 Å². The highest BCUT2D eigenvalue weighted by atomic mass is 32.2. The topological polar surface area (TPSA) is 64.6 Å². The summed E-state index contributed by atoms with van der Waals surface area (Å²) in [5.41, 5.74) is 2.06. The summed E-state index contributed by atoms with van der Waals surface area (Å²) in [7, 11) is 1.22. The molecule has 0 aromatic heterocycles. The van der Waals surface area contributed by atoms with Crippen LogP contribution in [0.25, 0.3) is 0 Å². The first kappa shape index (κ1) is 25.4. The summed E-state index contributed by atoms with van der Waals surface area (Å²) in [6, 6.07) is 16.5. The molecule has 1 N–H and O–H groups in total.